The zero-order valence-electron chi connectivity index (χ0n) is 18.1. The lowest BCUT2D eigenvalue weighted by atomic mass is 10.1. The molecule has 31 heavy (non-hydrogen) atoms. The zero-order valence-corrected chi connectivity index (χ0v) is 18.1. The summed E-state index contributed by atoms with van der Waals surface area (Å²) >= 11 is 0. The van der Waals surface area contributed by atoms with Gasteiger partial charge in [-0.25, -0.2) is 0 Å². The van der Waals surface area contributed by atoms with E-state index < -0.39 is 5.97 Å². The fraction of sp³-hybridized carbons (Fsp3) is 0.417. The molecule has 2 aromatic rings. The lowest BCUT2D eigenvalue weighted by molar-refractivity contribution is -0.151. The van der Waals surface area contributed by atoms with Crippen LogP contribution in [0.25, 0.3) is 0 Å². The van der Waals surface area contributed by atoms with Crippen LogP contribution >= 0.6 is 0 Å². The van der Waals surface area contributed by atoms with E-state index in [9.17, 15) is 9.59 Å². The Balaban J connectivity index is 1.24. The van der Waals surface area contributed by atoms with Crippen molar-refractivity contribution in [3.05, 3.63) is 53.1 Å². The second kappa shape index (κ2) is 9.29. The molecule has 7 nitrogen and oxygen atoms in total. The Bertz CT molecular complexity index is 966. The maximum Gasteiger partial charge on any atom is 0.310 e. The Morgan fingerprint density at radius 2 is 1.71 bits per heavy atom. The number of aryl methyl sites for hydroxylation is 1. The molecule has 0 saturated carbocycles. The average Bonchev–Trinajstić information content (AvgIpc) is 2.79. The second-order valence-corrected chi connectivity index (χ2v) is 7.90. The summed E-state index contributed by atoms with van der Waals surface area (Å²) in [6.07, 6.45) is 0.0876. The van der Waals surface area contributed by atoms with E-state index in [0.29, 0.717) is 37.8 Å². The van der Waals surface area contributed by atoms with Gasteiger partial charge in [-0.3, -0.25) is 9.59 Å². The van der Waals surface area contributed by atoms with Crippen LogP contribution in [-0.2, 0) is 20.7 Å². The molecule has 0 unspecified atom stereocenters. The molecule has 2 aromatic carbocycles. The van der Waals surface area contributed by atoms with E-state index in [4.69, 9.17) is 14.2 Å². The van der Waals surface area contributed by atoms with E-state index in [2.05, 4.69) is 36.9 Å². The minimum atomic E-state index is -0.431. The molecule has 1 fully saturated rings. The number of carbonyl (C=O) groups excluding carboxylic acids is 2. The Hall–Kier alpha value is -3.22. The van der Waals surface area contributed by atoms with Crippen LogP contribution in [0.3, 0.4) is 0 Å². The van der Waals surface area contributed by atoms with Gasteiger partial charge in [0, 0.05) is 31.9 Å². The Kier molecular flexibility index (Phi) is 6.30. The van der Waals surface area contributed by atoms with Gasteiger partial charge in [0.2, 0.25) is 0 Å². The predicted molar refractivity (Wildman–Crippen MR) is 117 cm³/mol. The monoisotopic (exact) mass is 424 g/mol. The first-order chi connectivity index (χ1) is 15.0. The van der Waals surface area contributed by atoms with Crippen molar-refractivity contribution in [2.75, 3.05) is 50.9 Å². The predicted octanol–water partition coefficient (Wildman–Crippen LogP) is 2.51. The maximum atomic E-state index is 12.5. The summed E-state index contributed by atoms with van der Waals surface area (Å²) in [5, 5.41) is 0. The van der Waals surface area contributed by atoms with Gasteiger partial charge in [-0.2, -0.15) is 0 Å². The fourth-order valence-corrected chi connectivity index (χ4v) is 3.92. The molecule has 0 spiro atoms. The van der Waals surface area contributed by atoms with Gasteiger partial charge in [0.15, 0.2) is 18.1 Å². The number of ether oxygens (including phenoxy) is 3. The van der Waals surface area contributed by atoms with Crippen LogP contribution in [0.5, 0.6) is 11.5 Å². The smallest absolute Gasteiger partial charge is 0.310 e. The lowest BCUT2D eigenvalue weighted by Crippen LogP contribution is -2.50. The maximum absolute atomic E-state index is 12.5. The van der Waals surface area contributed by atoms with Crippen LogP contribution in [0, 0.1) is 13.8 Å². The van der Waals surface area contributed by atoms with E-state index in [-0.39, 0.29) is 18.9 Å². The number of benzene rings is 2. The Morgan fingerprint density at radius 3 is 2.48 bits per heavy atom. The molecule has 7 heteroatoms. The molecule has 1 saturated heterocycles. The van der Waals surface area contributed by atoms with Gasteiger partial charge < -0.3 is 24.0 Å². The summed E-state index contributed by atoms with van der Waals surface area (Å²) in [6.45, 7) is 7.79. The fourth-order valence-electron chi connectivity index (χ4n) is 3.92. The number of hydrogen-bond donors (Lipinski definition) is 0. The van der Waals surface area contributed by atoms with Crippen molar-refractivity contribution < 1.29 is 23.8 Å². The van der Waals surface area contributed by atoms with Crippen molar-refractivity contribution in [2.45, 2.75) is 20.3 Å². The standard InChI is InChI=1S/C24H28N2O5/c1-17-4-3-5-20(18(17)2)25-8-10-26(11-9-25)23(27)16-31-24(28)15-19-6-7-21-22(14-19)30-13-12-29-21/h3-7,14H,8-13,15-16H2,1-2H3. The zero-order chi connectivity index (χ0) is 21.8. The normalized spacial score (nSPS) is 15.5. The molecule has 4 rings (SSSR count). The van der Waals surface area contributed by atoms with Gasteiger partial charge in [-0.1, -0.05) is 18.2 Å². The van der Waals surface area contributed by atoms with Crippen molar-refractivity contribution >= 4 is 17.6 Å². The molecule has 0 radical (unpaired) electrons. The van der Waals surface area contributed by atoms with Gasteiger partial charge in [0.25, 0.3) is 5.91 Å². The highest BCUT2D eigenvalue weighted by atomic mass is 16.6. The van der Waals surface area contributed by atoms with Crippen LogP contribution in [0.2, 0.25) is 0 Å². The number of anilines is 1. The molecule has 164 valence electrons. The largest absolute Gasteiger partial charge is 0.486 e. The first-order valence-corrected chi connectivity index (χ1v) is 10.6. The third-order valence-corrected chi connectivity index (χ3v) is 5.86. The summed E-state index contributed by atoms with van der Waals surface area (Å²) in [5.74, 6) is 0.725. The first kappa shape index (κ1) is 21.0. The van der Waals surface area contributed by atoms with Gasteiger partial charge in [0.05, 0.1) is 6.42 Å². The number of fused-ring (bicyclic) bond motifs is 1. The molecule has 0 atom stereocenters. The SMILES string of the molecule is Cc1cccc(N2CCN(C(=O)COC(=O)Cc3ccc4c(c3)OCCO4)CC2)c1C. The van der Waals surface area contributed by atoms with E-state index in [1.165, 1.54) is 16.8 Å². The molecule has 2 heterocycles. The van der Waals surface area contributed by atoms with Crippen molar-refractivity contribution in [1.82, 2.24) is 4.90 Å². The molecule has 0 bridgehead atoms. The highest BCUT2D eigenvalue weighted by molar-refractivity contribution is 5.81. The molecular weight excluding hydrogens is 396 g/mol. The minimum Gasteiger partial charge on any atom is -0.486 e. The van der Waals surface area contributed by atoms with Crippen molar-refractivity contribution in [3.8, 4) is 11.5 Å². The second-order valence-electron chi connectivity index (χ2n) is 7.90. The molecule has 1 amide bonds. The highest BCUT2D eigenvalue weighted by Crippen LogP contribution is 2.31. The number of carbonyl (C=O) groups is 2. The molecule has 0 aliphatic carbocycles. The lowest BCUT2D eigenvalue weighted by Gasteiger charge is -2.37. The average molecular weight is 424 g/mol. The summed E-state index contributed by atoms with van der Waals surface area (Å²) in [4.78, 5) is 28.8. The molecule has 2 aliphatic heterocycles. The first-order valence-electron chi connectivity index (χ1n) is 10.6. The van der Waals surface area contributed by atoms with Crippen LogP contribution in [-0.4, -0.2) is 62.8 Å². The summed E-state index contributed by atoms with van der Waals surface area (Å²) in [7, 11) is 0. The minimum absolute atomic E-state index is 0.0876. The van der Waals surface area contributed by atoms with Gasteiger partial charge in [-0.05, 0) is 48.7 Å². The summed E-state index contributed by atoms with van der Waals surface area (Å²) in [5.41, 5.74) is 4.53. The van der Waals surface area contributed by atoms with Crippen LogP contribution in [0.1, 0.15) is 16.7 Å². The number of esters is 1. The van der Waals surface area contributed by atoms with E-state index in [1.807, 2.05) is 6.07 Å². The quantitative estimate of drug-likeness (QED) is 0.687. The van der Waals surface area contributed by atoms with E-state index >= 15 is 0 Å². The van der Waals surface area contributed by atoms with E-state index in [0.717, 1.165) is 18.7 Å². The van der Waals surface area contributed by atoms with Gasteiger partial charge in [0.1, 0.15) is 13.2 Å². The van der Waals surface area contributed by atoms with E-state index in [1.54, 1.807) is 17.0 Å². The van der Waals surface area contributed by atoms with Gasteiger partial charge >= 0.3 is 5.97 Å². The number of hydrogen-bond acceptors (Lipinski definition) is 6. The highest BCUT2D eigenvalue weighted by Gasteiger charge is 2.23. The topological polar surface area (TPSA) is 68.3 Å². The van der Waals surface area contributed by atoms with Crippen molar-refractivity contribution in [2.24, 2.45) is 0 Å². The van der Waals surface area contributed by atoms with Crippen LogP contribution < -0.4 is 14.4 Å². The number of rotatable bonds is 5. The van der Waals surface area contributed by atoms with Crippen LogP contribution in [0.4, 0.5) is 5.69 Å². The number of nitrogens with zero attached hydrogens (tertiary/aromatic N) is 2. The number of amides is 1. The number of piperazine rings is 1. The van der Waals surface area contributed by atoms with Crippen LogP contribution in [0.15, 0.2) is 36.4 Å². The van der Waals surface area contributed by atoms with Crippen molar-refractivity contribution in [3.63, 3.8) is 0 Å². The Labute approximate surface area is 182 Å². The third kappa shape index (κ3) is 4.93. The Morgan fingerprint density at radius 1 is 0.968 bits per heavy atom. The van der Waals surface area contributed by atoms with Crippen molar-refractivity contribution in [1.29, 1.82) is 0 Å². The molecular formula is C24H28N2O5. The summed E-state index contributed by atoms with van der Waals surface area (Å²) < 4.78 is 16.3. The van der Waals surface area contributed by atoms with Gasteiger partial charge in [-0.15, -0.1) is 0 Å². The molecule has 0 aromatic heterocycles. The summed E-state index contributed by atoms with van der Waals surface area (Å²) in [6, 6.07) is 11.7. The third-order valence-electron chi connectivity index (χ3n) is 5.86. The molecule has 2 aliphatic rings. The molecule has 0 N–H and O–H groups in total.